The van der Waals surface area contributed by atoms with Gasteiger partial charge in [-0.1, -0.05) is 31.4 Å². The van der Waals surface area contributed by atoms with Gasteiger partial charge < -0.3 is 15.4 Å². The molecule has 1 rings (SSSR count). The van der Waals surface area contributed by atoms with Gasteiger partial charge in [-0.15, -0.1) is 24.0 Å². The highest BCUT2D eigenvalue weighted by Crippen LogP contribution is 2.09. The van der Waals surface area contributed by atoms with E-state index in [1.165, 1.54) is 12.8 Å². The summed E-state index contributed by atoms with van der Waals surface area (Å²) in [4.78, 5) is 15.4. The Labute approximate surface area is 157 Å². The molecule has 1 aliphatic carbocycles. The van der Waals surface area contributed by atoms with Crippen LogP contribution in [-0.2, 0) is 9.53 Å². The van der Waals surface area contributed by atoms with Gasteiger partial charge in [-0.05, 0) is 32.6 Å². The second-order valence-corrected chi connectivity index (χ2v) is 5.61. The lowest BCUT2D eigenvalue weighted by atomic mass is 10.1. The molecule has 0 atom stereocenters. The second kappa shape index (κ2) is 14.8. The highest BCUT2D eigenvalue weighted by molar-refractivity contribution is 14.0. The molecule has 0 aromatic rings. The first-order chi connectivity index (χ1) is 10.8. The van der Waals surface area contributed by atoms with Crippen molar-refractivity contribution in [2.45, 2.75) is 64.3 Å². The number of unbranched alkanes of at least 4 members (excludes halogenated alkanes) is 4. The number of guanidine groups is 1. The largest absolute Gasteiger partial charge is 0.466 e. The minimum absolute atomic E-state index is 0. The zero-order valence-corrected chi connectivity index (χ0v) is 16.8. The van der Waals surface area contributed by atoms with Gasteiger partial charge in [0.2, 0.25) is 0 Å². The first-order valence-corrected chi connectivity index (χ1v) is 8.54. The lowest BCUT2D eigenvalue weighted by Gasteiger charge is -2.16. The number of carbonyl (C=O) groups excluding carboxylic acids is 1. The predicted octanol–water partition coefficient (Wildman–Crippen LogP) is 3.39. The Morgan fingerprint density at radius 3 is 2.48 bits per heavy atom. The van der Waals surface area contributed by atoms with Gasteiger partial charge in [-0.25, -0.2) is 0 Å². The molecule has 0 saturated heterocycles. The molecule has 0 bridgehead atoms. The first-order valence-electron chi connectivity index (χ1n) is 8.54. The molecular weight excluding hydrogens is 405 g/mol. The third kappa shape index (κ3) is 11.4. The minimum atomic E-state index is -0.0690. The third-order valence-corrected chi connectivity index (χ3v) is 3.73. The van der Waals surface area contributed by atoms with Crippen LogP contribution in [0.2, 0.25) is 0 Å². The van der Waals surface area contributed by atoms with E-state index in [0.29, 0.717) is 19.1 Å². The maximum Gasteiger partial charge on any atom is 0.305 e. The minimum Gasteiger partial charge on any atom is -0.466 e. The molecule has 0 unspecified atom stereocenters. The van der Waals surface area contributed by atoms with E-state index in [-0.39, 0.29) is 29.9 Å². The Kier molecular flexibility index (Phi) is 14.3. The van der Waals surface area contributed by atoms with Crippen LogP contribution in [0.25, 0.3) is 0 Å². The maximum atomic E-state index is 11.2. The summed E-state index contributed by atoms with van der Waals surface area (Å²) in [5, 5.41) is 6.79. The summed E-state index contributed by atoms with van der Waals surface area (Å²) in [5.41, 5.74) is 0. The monoisotopic (exact) mass is 437 g/mol. The van der Waals surface area contributed by atoms with Gasteiger partial charge in [0.05, 0.1) is 6.61 Å². The standard InChI is InChI=1S/C17H31N3O2.HI/c1-3-22-16(21)13-7-5-4-6-10-14-19-17(18-2)20-15-11-8-9-12-15;/h8-9,15H,3-7,10-14H2,1-2H3,(H2,18,19,20);1H. The van der Waals surface area contributed by atoms with Gasteiger partial charge >= 0.3 is 5.97 Å². The molecule has 0 aromatic carbocycles. The van der Waals surface area contributed by atoms with E-state index in [0.717, 1.165) is 44.6 Å². The molecule has 0 saturated carbocycles. The van der Waals surface area contributed by atoms with Crippen molar-refractivity contribution >= 4 is 35.9 Å². The van der Waals surface area contributed by atoms with Gasteiger partial charge in [0, 0.05) is 26.1 Å². The van der Waals surface area contributed by atoms with E-state index < -0.39 is 0 Å². The fourth-order valence-electron chi connectivity index (χ4n) is 2.49. The molecular formula is C17H32IN3O2. The Balaban J connectivity index is 0.00000484. The van der Waals surface area contributed by atoms with E-state index >= 15 is 0 Å². The van der Waals surface area contributed by atoms with Gasteiger partial charge in [0.15, 0.2) is 5.96 Å². The molecule has 0 aliphatic heterocycles. The van der Waals surface area contributed by atoms with E-state index in [2.05, 4.69) is 27.8 Å². The van der Waals surface area contributed by atoms with Crippen molar-refractivity contribution in [3.05, 3.63) is 12.2 Å². The van der Waals surface area contributed by atoms with E-state index in [1.807, 2.05) is 14.0 Å². The summed E-state index contributed by atoms with van der Waals surface area (Å²) >= 11 is 0. The SMILES string of the molecule is CCOC(=O)CCCCCCCNC(=NC)NC1CC=CC1.I. The van der Waals surface area contributed by atoms with Crippen LogP contribution in [-0.4, -0.2) is 38.2 Å². The van der Waals surface area contributed by atoms with Crippen LogP contribution in [0.15, 0.2) is 17.1 Å². The van der Waals surface area contributed by atoms with Crippen molar-refractivity contribution in [1.82, 2.24) is 10.6 Å². The van der Waals surface area contributed by atoms with Crippen LogP contribution < -0.4 is 10.6 Å². The van der Waals surface area contributed by atoms with Crippen molar-refractivity contribution < 1.29 is 9.53 Å². The van der Waals surface area contributed by atoms with E-state index in [4.69, 9.17) is 4.74 Å². The molecule has 2 N–H and O–H groups in total. The molecule has 0 amide bonds. The van der Waals surface area contributed by atoms with Crippen molar-refractivity contribution in [3.8, 4) is 0 Å². The number of hydrogen-bond donors (Lipinski definition) is 2. The lowest BCUT2D eigenvalue weighted by molar-refractivity contribution is -0.143. The quantitative estimate of drug-likeness (QED) is 0.137. The number of hydrogen-bond acceptors (Lipinski definition) is 3. The maximum absolute atomic E-state index is 11.2. The van der Waals surface area contributed by atoms with E-state index in [1.54, 1.807) is 0 Å². The Morgan fingerprint density at radius 1 is 1.17 bits per heavy atom. The summed E-state index contributed by atoms with van der Waals surface area (Å²) in [6.45, 7) is 3.27. The molecule has 5 nitrogen and oxygen atoms in total. The summed E-state index contributed by atoms with van der Waals surface area (Å²) < 4.78 is 4.91. The lowest BCUT2D eigenvalue weighted by Crippen LogP contribution is -2.42. The predicted molar refractivity (Wildman–Crippen MR) is 106 cm³/mol. The molecule has 0 heterocycles. The van der Waals surface area contributed by atoms with Gasteiger partial charge in [-0.2, -0.15) is 0 Å². The number of ether oxygens (including phenoxy) is 1. The molecule has 0 radical (unpaired) electrons. The fraction of sp³-hybridized carbons (Fsp3) is 0.765. The zero-order valence-electron chi connectivity index (χ0n) is 14.5. The molecule has 134 valence electrons. The number of nitrogens with one attached hydrogen (secondary N) is 2. The van der Waals surface area contributed by atoms with Crippen molar-refractivity contribution in [3.63, 3.8) is 0 Å². The number of esters is 1. The van der Waals surface area contributed by atoms with Gasteiger partial charge in [0.25, 0.3) is 0 Å². The molecule has 1 aliphatic rings. The Morgan fingerprint density at radius 2 is 1.83 bits per heavy atom. The van der Waals surface area contributed by atoms with E-state index in [9.17, 15) is 4.79 Å². The fourth-order valence-corrected chi connectivity index (χ4v) is 2.49. The highest BCUT2D eigenvalue weighted by atomic mass is 127. The molecule has 6 heteroatoms. The van der Waals surface area contributed by atoms with Crippen molar-refractivity contribution in [2.75, 3.05) is 20.2 Å². The highest BCUT2D eigenvalue weighted by Gasteiger charge is 2.10. The summed E-state index contributed by atoms with van der Waals surface area (Å²) in [6, 6.07) is 0.495. The van der Waals surface area contributed by atoms with Crippen LogP contribution in [0.4, 0.5) is 0 Å². The molecule has 0 aromatic heterocycles. The normalized spacial score (nSPS) is 14.4. The molecule has 0 fully saturated rings. The van der Waals surface area contributed by atoms with Crippen molar-refractivity contribution in [1.29, 1.82) is 0 Å². The number of halogens is 1. The van der Waals surface area contributed by atoms with Crippen molar-refractivity contribution in [2.24, 2.45) is 4.99 Å². The Hall–Kier alpha value is -0.790. The third-order valence-electron chi connectivity index (χ3n) is 3.73. The van der Waals surface area contributed by atoms with Gasteiger partial charge in [0.1, 0.15) is 0 Å². The first kappa shape index (κ1) is 22.2. The average Bonchev–Trinajstić information content (AvgIpc) is 3.02. The smallest absolute Gasteiger partial charge is 0.305 e. The summed E-state index contributed by atoms with van der Waals surface area (Å²) in [5.74, 6) is 0.830. The van der Waals surface area contributed by atoms with Crippen LogP contribution in [0.1, 0.15) is 58.3 Å². The number of rotatable bonds is 10. The summed E-state index contributed by atoms with van der Waals surface area (Å²) in [7, 11) is 1.81. The number of nitrogens with zero attached hydrogens (tertiary/aromatic N) is 1. The van der Waals surface area contributed by atoms with Crippen LogP contribution in [0.3, 0.4) is 0 Å². The zero-order chi connectivity index (χ0) is 16.0. The van der Waals surface area contributed by atoms with Crippen LogP contribution in [0, 0.1) is 0 Å². The van der Waals surface area contributed by atoms with Gasteiger partial charge in [-0.3, -0.25) is 9.79 Å². The summed E-state index contributed by atoms with van der Waals surface area (Å²) in [6.07, 6.45) is 12.6. The Bertz CT molecular complexity index is 365. The topological polar surface area (TPSA) is 62.7 Å². The molecule has 23 heavy (non-hydrogen) atoms. The van der Waals surface area contributed by atoms with Crippen LogP contribution in [0.5, 0.6) is 0 Å². The molecule has 0 spiro atoms. The second-order valence-electron chi connectivity index (χ2n) is 5.61. The number of carbonyl (C=O) groups is 1. The number of aliphatic imine (C=N–C) groups is 1. The average molecular weight is 437 g/mol. The van der Waals surface area contributed by atoms with Crippen LogP contribution >= 0.6 is 24.0 Å².